The molecule has 0 fully saturated rings. The summed E-state index contributed by atoms with van der Waals surface area (Å²) in [5.41, 5.74) is 0.211. The van der Waals surface area contributed by atoms with Crippen LogP contribution in [-0.2, 0) is 4.79 Å². The molecule has 2 aromatic rings. The summed E-state index contributed by atoms with van der Waals surface area (Å²) in [4.78, 5) is 23.4. The molecular weight excluding hydrogens is 326 g/mol. The van der Waals surface area contributed by atoms with Gasteiger partial charge in [0.25, 0.3) is 11.8 Å². The number of aromatic nitrogens is 1. The maximum atomic E-state index is 11.7. The van der Waals surface area contributed by atoms with Crippen LogP contribution >= 0.6 is 0 Å². The van der Waals surface area contributed by atoms with Crippen molar-refractivity contribution in [3.63, 3.8) is 0 Å². The molecule has 0 aliphatic rings. The summed E-state index contributed by atoms with van der Waals surface area (Å²) in [7, 11) is 0. The van der Waals surface area contributed by atoms with Crippen LogP contribution < -0.4 is 20.1 Å². The number of hydrogen-bond donors (Lipinski definition) is 2. The number of nitrogens with zero attached hydrogens (tertiary/aromatic N) is 1. The van der Waals surface area contributed by atoms with Gasteiger partial charge in [-0.15, -0.1) is 0 Å². The van der Waals surface area contributed by atoms with Gasteiger partial charge < -0.3 is 24.6 Å². The first kappa shape index (κ1) is 18.3. The minimum Gasteiger partial charge on any atom is -0.494 e. The van der Waals surface area contributed by atoms with E-state index in [0.29, 0.717) is 18.1 Å². The van der Waals surface area contributed by atoms with E-state index in [2.05, 4.69) is 15.8 Å². The van der Waals surface area contributed by atoms with E-state index in [1.165, 1.54) is 0 Å². The molecule has 0 bridgehead atoms. The van der Waals surface area contributed by atoms with Crippen molar-refractivity contribution in [2.75, 3.05) is 26.3 Å². The second-order valence-corrected chi connectivity index (χ2v) is 5.12. The van der Waals surface area contributed by atoms with E-state index >= 15 is 0 Å². The van der Waals surface area contributed by atoms with Crippen LogP contribution in [0.5, 0.6) is 11.5 Å². The first-order valence-corrected chi connectivity index (χ1v) is 7.92. The van der Waals surface area contributed by atoms with Gasteiger partial charge in [0.1, 0.15) is 17.3 Å². The standard InChI is InChI=1S/C17H21N3O5/c1-3-23-13-4-6-14(7-5-13)24-11-16(21)18-8-9-19-17(22)15-10-12(2)25-20-15/h4-7,10H,3,8-9,11H2,1-2H3,(H,18,21)(H,19,22). The van der Waals surface area contributed by atoms with E-state index in [1.54, 1.807) is 37.3 Å². The molecule has 134 valence electrons. The molecule has 8 nitrogen and oxygen atoms in total. The maximum absolute atomic E-state index is 11.7. The molecule has 1 heterocycles. The fourth-order valence-corrected chi connectivity index (χ4v) is 1.94. The van der Waals surface area contributed by atoms with E-state index in [0.717, 1.165) is 5.75 Å². The number of rotatable bonds is 9. The lowest BCUT2D eigenvalue weighted by atomic mass is 10.3. The van der Waals surface area contributed by atoms with Gasteiger partial charge in [-0.25, -0.2) is 0 Å². The smallest absolute Gasteiger partial charge is 0.273 e. The third kappa shape index (κ3) is 6.17. The SMILES string of the molecule is CCOc1ccc(OCC(=O)NCCNC(=O)c2cc(C)on2)cc1. The molecule has 0 spiro atoms. The molecule has 0 aliphatic heterocycles. The van der Waals surface area contributed by atoms with Gasteiger partial charge in [-0.3, -0.25) is 9.59 Å². The quantitative estimate of drug-likeness (QED) is 0.663. The van der Waals surface area contributed by atoms with Crippen LogP contribution in [0.2, 0.25) is 0 Å². The third-order valence-corrected chi connectivity index (χ3v) is 3.10. The van der Waals surface area contributed by atoms with Crippen LogP contribution in [0, 0.1) is 6.92 Å². The summed E-state index contributed by atoms with van der Waals surface area (Å²) in [5.74, 6) is 1.26. The van der Waals surface area contributed by atoms with Crippen LogP contribution in [0.4, 0.5) is 0 Å². The Hall–Kier alpha value is -3.03. The molecule has 1 aromatic carbocycles. The Morgan fingerprint density at radius 3 is 2.32 bits per heavy atom. The second kappa shape index (κ2) is 9.31. The van der Waals surface area contributed by atoms with Gasteiger partial charge in [0.05, 0.1) is 6.61 Å². The first-order valence-electron chi connectivity index (χ1n) is 7.92. The van der Waals surface area contributed by atoms with Crippen molar-refractivity contribution in [3.8, 4) is 11.5 Å². The van der Waals surface area contributed by atoms with Crippen molar-refractivity contribution in [1.29, 1.82) is 0 Å². The van der Waals surface area contributed by atoms with Crippen molar-refractivity contribution in [1.82, 2.24) is 15.8 Å². The Morgan fingerprint density at radius 2 is 1.72 bits per heavy atom. The number of carbonyl (C=O) groups is 2. The normalized spacial score (nSPS) is 10.2. The summed E-state index contributed by atoms with van der Waals surface area (Å²) in [6.45, 7) is 4.66. The van der Waals surface area contributed by atoms with Gasteiger partial charge in [-0.05, 0) is 38.1 Å². The van der Waals surface area contributed by atoms with Crippen molar-refractivity contribution in [2.45, 2.75) is 13.8 Å². The van der Waals surface area contributed by atoms with Crippen LogP contribution in [-0.4, -0.2) is 43.3 Å². The van der Waals surface area contributed by atoms with Crippen molar-refractivity contribution in [2.24, 2.45) is 0 Å². The predicted molar refractivity (Wildman–Crippen MR) is 89.7 cm³/mol. The largest absolute Gasteiger partial charge is 0.494 e. The van der Waals surface area contributed by atoms with E-state index in [9.17, 15) is 9.59 Å². The lowest BCUT2D eigenvalue weighted by Gasteiger charge is -2.09. The van der Waals surface area contributed by atoms with Crippen LogP contribution in [0.1, 0.15) is 23.2 Å². The van der Waals surface area contributed by atoms with E-state index in [1.807, 2.05) is 6.92 Å². The van der Waals surface area contributed by atoms with E-state index in [4.69, 9.17) is 14.0 Å². The zero-order valence-electron chi connectivity index (χ0n) is 14.2. The first-order chi connectivity index (χ1) is 12.1. The monoisotopic (exact) mass is 347 g/mol. The van der Waals surface area contributed by atoms with Gasteiger partial charge in [-0.1, -0.05) is 5.16 Å². The molecule has 25 heavy (non-hydrogen) atoms. The lowest BCUT2D eigenvalue weighted by molar-refractivity contribution is -0.123. The number of nitrogens with one attached hydrogen (secondary N) is 2. The van der Waals surface area contributed by atoms with Gasteiger partial charge in [0.15, 0.2) is 12.3 Å². The number of hydrogen-bond acceptors (Lipinski definition) is 6. The van der Waals surface area contributed by atoms with Crippen LogP contribution in [0.3, 0.4) is 0 Å². The Labute approximate surface area is 145 Å². The predicted octanol–water partition coefficient (Wildman–Crippen LogP) is 1.31. The Morgan fingerprint density at radius 1 is 1.08 bits per heavy atom. The minimum absolute atomic E-state index is 0.107. The fraction of sp³-hybridized carbons (Fsp3) is 0.353. The summed E-state index contributed by atoms with van der Waals surface area (Å²) in [5, 5.41) is 8.89. The highest BCUT2D eigenvalue weighted by Crippen LogP contribution is 2.17. The summed E-state index contributed by atoms with van der Waals surface area (Å²) < 4.78 is 15.5. The number of ether oxygens (including phenoxy) is 2. The van der Waals surface area contributed by atoms with Crippen molar-refractivity contribution in [3.05, 3.63) is 41.8 Å². The topological polar surface area (TPSA) is 103 Å². The minimum atomic E-state index is -0.350. The molecule has 2 N–H and O–H groups in total. The maximum Gasteiger partial charge on any atom is 0.273 e. The molecule has 0 aliphatic carbocycles. The number of aryl methyl sites for hydroxylation is 1. The van der Waals surface area contributed by atoms with Gasteiger partial charge in [0, 0.05) is 19.2 Å². The molecule has 2 amide bonds. The average Bonchev–Trinajstić information content (AvgIpc) is 3.05. The van der Waals surface area contributed by atoms with Gasteiger partial charge in [0.2, 0.25) is 0 Å². The zero-order valence-corrected chi connectivity index (χ0v) is 14.2. The number of benzene rings is 1. The summed E-state index contributed by atoms with van der Waals surface area (Å²) >= 11 is 0. The molecule has 0 saturated carbocycles. The summed E-state index contributed by atoms with van der Waals surface area (Å²) in [6.07, 6.45) is 0. The van der Waals surface area contributed by atoms with E-state index < -0.39 is 0 Å². The molecule has 0 saturated heterocycles. The summed E-state index contributed by atoms with van der Waals surface area (Å²) in [6, 6.07) is 8.56. The van der Waals surface area contributed by atoms with Crippen molar-refractivity contribution < 1.29 is 23.6 Å². The van der Waals surface area contributed by atoms with Crippen LogP contribution in [0.25, 0.3) is 0 Å². The Kier molecular flexibility index (Phi) is 6.82. The lowest BCUT2D eigenvalue weighted by Crippen LogP contribution is -2.36. The second-order valence-electron chi connectivity index (χ2n) is 5.12. The molecule has 0 atom stereocenters. The van der Waals surface area contributed by atoms with Gasteiger partial charge in [-0.2, -0.15) is 0 Å². The van der Waals surface area contributed by atoms with Crippen molar-refractivity contribution >= 4 is 11.8 Å². The molecule has 0 unspecified atom stereocenters. The average molecular weight is 347 g/mol. The van der Waals surface area contributed by atoms with Crippen LogP contribution in [0.15, 0.2) is 34.9 Å². The highest BCUT2D eigenvalue weighted by molar-refractivity contribution is 5.92. The molecule has 1 aromatic heterocycles. The molecule has 8 heteroatoms. The van der Waals surface area contributed by atoms with E-state index in [-0.39, 0.29) is 37.2 Å². The zero-order chi connectivity index (χ0) is 18.1. The van der Waals surface area contributed by atoms with Gasteiger partial charge >= 0.3 is 0 Å². The third-order valence-electron chi connectivity index (χ3n) is 3.10. The Bertz CT molecular complexity index is 697. The molecule has 0 radical (unpaired) electrons. The molecular formula is C17H21N3O5. The Balaban J connectivity index is 1.61. The fourth-order valence-electron chi connectivity index (χ4n) is 1.94. The number of amides is 2. The highest BCUT2D eigenvalue weighted by atomic mass is 16.5. The number of carbonyl (C=O) groups excluding carboxylic acids is 2. The highest BCUT2D eigenvalue weighted by Gasteiger charge is 2.10. The molecule has 2 rings (SSSR count).